The number of rotatable bonds is 4. The van der Waals surface area contributed by atoms with E-state index in [0.29, 0.717) is 0 Å². The Balaban J connectivity index is 1.55. The Morgan fingerprint density at radius 3 is 2.63 bits per heavy atom. The average Bonchev–Trinajstić information content (AvgIpc) is 3.27. The van der Waals surface area contributed by atoms with E-state index in [1.807, 2.05) is 26.8 Å². The minimum atomic E-state index is -0.496. The van der Waals surface area contributed by atoms with E-state index in [0.717, 1.165) is 43.0 Å². The van der Waals surface area contributed by atoms with E-state index in [1.54, 1.807) is 0 Å². The minimum Gasteiger partial charge on any atom is -0.444 e. The van der Waals surface area contributed by atoms with Gasteiger partial charge in [0, 0.05) is 13.1 Å². The first-order chi connectivity index (χ1) is 14.3. The van der Waals surface area contributed by atoms with Crippen molar-refractivity contribution in [1.29, 1.82) is 0 Å². The van der Waals surface area contributed by atoms with Gasteiger partial charge in [-0.15, -0.1) is 0 Å². The molecule has 0 saturated carbocycles. The number of ether oxygens (including phenoxy) is 1. The number of nitrogens with zero attached hydrogens (tertiary/aromatic N) is 3. The van der Waals surface area contributed by atoms with Crippen molar-refractivity contribution in [2.45, 2.75) is 52.3 Å². The average molecular weight is 407 g/mol. The van der Waals surface area contributed by atoms with Crippen LogP contribution >= 0.6 is 0 Å². The summed E-state index contributed by atoms with van der Waals surface area (Å²) in [6.07, 6.45) is 0.509. The van der Waals surface area contributed by atoms with E-state index >= 15 is 0 Å². The van der Waals surface area contributed by atoms with Gasteiger partial charge in [0.15, 0.2) is 0 Å². The number of fused-ring (bicyclic) bond motifs is 1. The van der Waals surface area contributed by atoms with Gasteiger partial charge in [-0.2, -0.15) is 0 Å². The molecule has 30 heavy (non-hydrogen) atoms. The molecular weight excluding hydrogens is 376 g/mol. The van der Waals surface area contributed by atoms with Crippen molar-refractivity contribution < 1.29 is 9.53 Å². The zero-order valence-corrected chi connectivity index (χ0v) is 18.2. The van der Waals surface area contributed by atoms with Gasteiger partial charge in [0.05, 0.1) is 23.6 Å². The highest BCUT2D eigenvalue weighted by Gasteiger charge is 2.29. The van der Waals surface area contributed by atoms with Crippen molar-refractivity contribution in [2.24, 2.45) is 0 Å². The van der Waals surface area contributed by atoms with Gasteiger partial charge in [-0.3, -0.25) is 0 Å². The Bertz CT molecular complexity index is 1030. The van der Waals surface area contributed by atoms with Crippen LogP contribution in [0.25, 0.3) is 11.0 Å². The lowest BCUT2D eigenvalue weighted by atomic mass is 10.1. The van der Waals surface area contributed by atoms with Crippen molar-refractivity contribution >= 4 is 23.1 Å². The number of carbonyl (C=O) groups excluding carboxylic acids is 1. The van der Waals surface area contributed by atoms with Crippen molar-refractivity contribution in [3.05, 3.63) is 59.7 Å². The summed E-state index contributed by atoms with van der Waals surface area (Å²) in [5.74, 6) is 0.949. The fraction of sp³-hybridized carbons (Fsp3) is 0.417. The highest BCUT2D eigenvalue weighted by atomic mass is 16.6. The summed E-state index contributed by atoms with van der Waals surface area (Å²) in [7, 11) is 0. The molecule has 0 unspecified atom stereocenters. The molecule has 1 N–H and O–H groups in total. The summed E-state index contributed by atoms with van der Waals surface area (Å²) < 4.78 is 7.69. The molecule has 0 aliphatic carbocycles. The van der Waals surface area contributed by atoms with E-state index in [4.69, 9.17) is 9.72 Å². The second kappa shape index (κ2) is 8.01. The number of carbonyl (C=O) groups is 1. The lowest BCUT2D eigenvalue weighted by Crippen LogP contribution is -2.40. The van der Waals surface area contributed by atoms with Crippen molar-refractivity contribution in [3.63, 3.8) is 0 Å². The zero-order valence-electron chi connectivity index (χ0n) is 18.2. The fourth-order valence-corrected chi connectivity index (χ4v) is 3.87. The lowest BCUT2D eigenvalue weighted by molar-refractivity contribution is 0.0509. The molecule has 1 fully saturated rings. The molecule has 1 aliphatic heterocycles. The normalized spacial score (nSPS) is 16.8. The van der Waals surface area contributed by atoms with Gasteiger partial charge in [-0.1, -0.05) is 42.0 Å². The van der Waals surface area contributed by atoms with E-state index < -0.39 is 5.60 Å². The number of benzene rings is 2. The van der Waals surface area contributed by atoms with Crippen LogP contribution in [-0.2, 0) is 11.3 Å². The van der Waals surface area contributed by atoms with Crippen molar-refractivity contribution in [3.8, 4) is 0 Å². The molecule has 0 radical (unpaired) electrons. The summed E-state index contributed by atoms with van der Waals surface area (Å²) >= 11 is 0. The smallest absolute Gasteiger partial charge is 0.407 e. The molecule has 1 aromatic heterocycles. The molecule has 158 valence electrons. The number of aryl methyl sites for hydroxylation is 1. The van der Waals surface area contributed by atoms with Gasteiger partial charge in [-0.05, 0) is 51.8 Å². The summed E-state index contributed by atoms with van der Waals surface area (Å²) in [4.78, 5) is 19.3. The first kappa shape index (κ1) is 20.3. The Hall–Kier alpha value is -3.02. The third-order valence-corrected chi connectivity index (χ3v) is 5.29. The monoisotopic (exact) mass is 406 g/mol. The molecule has 1 aliphatic rings. The van der Waals surface area contributed by atoms with Crippen LogP contribution in [0.15, 0.2) is 48.5 Å². The maximum Gasteiger partial charge on any atom is 0.407 e. The molecule has 0 spiro atoms. The topological polar surface area (TPSA) is 59.4 Å². The van der Waals surface area contributed by atoms with Gasteiger partial charge in [-0.25, -0.2) is 9.78 Å². The number of amides is 1. The molecule has 2 heterocycles. The first-order valence-electron chi connectivity index (χ1n) is 10.5. The summed E-state index contributed by atoms with van der Waals surface area (Å²) in [5.41, 5.74) is 4.11. The SMILES string of the molecule is Cc1ccc(Cn2c(N3CC[C@@H](NC(=O)OC(C)(C)C)C3)nc3ccccc32)cc1. The molecule has 6 heteroatoms. The fourth-order valence-electron chi connectivity index (χ4n) is 3.87. The zero-order chi connectivity index (χ0) is 21.3. The summed E-state index contributed by atoms with van der Waals surface area (Å²) in [6.45, 7) is 10.1. The number of hydrogen-bond donors (Lipinski definition) is 1. The summed E-state index contributed by atoms with van der Waals surface area (Å²) in [6, 6.07) is 16.9. The largest absolute Gasteiger partial charge is 0.444 e. The molecule has 1 saturated heterocycles. The second-order valence-electron chi connectivity index (χ2n) is 9.05. The van der Waals surface area contributed by atoms with E-state index in [-0.39, 0.29) is 12.1 Å². The predicted octanol–water partition coefficient (Wildman–Crippen LogP) is 4.50. The third-order valence-electron chi connectivity index (χ3n) is 5.29. The molecule has 2 aromatic carbocycles. The van der Waals surface area contributed by atoms with Gasteiger partial charge >= 0.3 is 6.09 Å². The number of nitrogens with one attached hydrogen (secondary N) is 1. The number of imidazole rings is 1. The van der Waals surface area contributed by atoms with Crippen LogP contribution in [0.2, 0.25) is 0 Å². The molecule has 6 nitrogen and oxygen atoms in total. The Morgan fingerprint density at radius 2 is 1.90 bits per heavy atom. The highest BCUT2D eigenvalue weighted by Crippen LogP contribution is 2.27. The van der Waals surface area contributed by atoms with Gasteiger partial charge in [0.25, 0.3) is 0 Å². The number of aromatic nitrogens is 2. The molecule has 1 amide bonds. The summed E-state index contributed by atoms with van der Waals surface area (Å²) in [5, 5.41) is 3.00. The highest BCUT2D eigenvalue weighted by molar-refractivity contribution is 5.79. The van der Waals surface area contributed by atoms with Crippen LogP contribution in [-0.4, -0.2) is 40.4 Å². The number of anilines is 1. The lowest BCUT2D eigenvalue weighted by Gasteiger charge is -2.22. The van der Waals surface area contributed by atoms with Gasteiger partial charge in [0.2, 0.25) is 5.95 Å². The Labute approximate surface area is 177 Å². The van der Waals surface area contributed by atoms with Crippen LogP contribution in [0.5, 0.6) is 0 Å². The van der Waals surface area contributed by atoms with E-state index in [9.17, 15) is 4.79 Å². The second-order valence-corrected chi connectivity index (χ2v) is 9.05. The van der Waals surface area contributed by atoms with Crippen LogP contribution in [0.4, 0.5) is 10.7 Å². The molecule has 1 atom stereocenters. The standard InChI is InChI=1S/C24H30N4O2/c1-17-9-11-18(12-10-17)15-28-21-8-6-5-7-20(21)26-22(28)27-14-13-19(16-27)25-23(29)30-24(2,3)4/h5-12,19H,13-16H2,1-4H3,(H,25,29)/t19-/m1/s1. The predicted molar refractivity (Wildman–Crippen MR) is 120 cm³/mol. The van der Waals surface area contributed by atoms with Crippen molar-refractivity contribution in [1.82, 2.24) is 14.9 Å². The first-order valence-corrected chi connectivity index (χ1v) is 10.5. The Kier molecular flexibility index (Phi) is 5.41. The minimum absolute atomic E-state index is 0.0486. The van der Waals surface area contributed by atoms with Crippen molar-refractivity contribution in [2.75, 3.05) is 18.0 Å². The molecule has 3 aromatic rings. The van der Waals surface area contributed by atoms with Crippen LogP contribution < -0.4 is 10.2 Å². The van der Waals surface area contributed by atoms with Crippen LogP contribution in [0.3, 0.4) is 0 Å². The molecule has 4 rings (SSSR count). The van der Waals surface area contributed by atoms with Gasteiger partial charge < -0.3 is 19.5 Å². The Morgan fingerprint density at radius 1 is 1.17 bits per heavy atom. The number of alkyl carbamates (subject to hydrolysis) is 1. The number of para-hydroxylation sites is 2. The maximum absolute atomic E-state index is 12.2. The van der Waals surface area contributed by atoms with E-state index in [1.165, 1.54) is 11.1 Å². The maximum atomic E-state index is 12.2. The van der Waals surface area contributed by atoms with Crippen LogP contribution in [0.1, 0.15) is 38.3 Å². The molecular formula is C24H30N4O2. The number of hydrogen-bond acceptors (Lipinski definition) is 4. The quantitative estimate of drug-likeness (QED) is 0.693. The molecule has 0 bridgehead atoms. The third kappa shape index (κ3) is 4.58. The van der Waals surface area contributed by atoms with Crippen LogP contribution in [0, 0.1) is 6.92 Å². The van der Waals surface area contributed by atoms with Gasteiger partial charge in [0.1, 0.15) is 5.60 Å². The van der Waals surface area contributed by atoms with E-state index in [2.05, 4.69) is 64.2 Å².